The van der Waals surface area contributed by atoms with Gasteiger partial charge < -0.3 is 19.7 Å². The molecule has 2 aliphatic rings. The second-order valence-electron chi connectivity index (χ2n) is 9.29. The Balaban J connectivity index is 1.37. The van der Waals surface area contributed by atoms with Gasteiger partial charge in [0, 0.05) is 36.2 Å². The van der Waals surface area contributed by atoms with Crippen LogP contribution in [-0.2, 0) is 0 Å². The third-order valence-electron chi connectivity index (χ3n) is 6.88. The average Bonchev–Trinajstić information content (AvgIpc) is 3.32. The molecule has 0 spiro atoms. The number of aromatic hydroxyl groups is 2. The number of nitrogens with zero attached hydrogens (tertiary/aromatic N) is 1. The summed E-state index contributed by atoms with van der Waals surface area (Å²) < 4.78 is 25.2. The van der Waals surface area contributed by atoms with Gasteiger partial charge in [0.2, 0.25) is 0 Å². The predicted molar refractivity (Wildman–Crippen MR) is 135 cm³/mol. The molecule has 1 unspecified atom stereocenters. The number of likely N-dealkylation sites (tertiary alicyclic amines) is 1. The van der Waals surface area contributed by atoms with Crippen LogP contribution in [-0.4, -0.2) is 48.0 Å². The average molecular weight is 476 g/mol. The number of alkyl halides is 1. The first-order valence-corrected chi connectivity index (χ1v) is 12.0. The van der Waals surface area contributed by atoms with Crippen molar-refractivity contribution in [3.63, 3.8) is 0 Å². The van der Waals surface area contributed by atoms with Crippen molar-refractivity contribution in [3.8, 4) is 23.0 Å². The van der Waals surface area contributed by atoms with E-state index in [-0.39, 0.29) is 24.1 Å². The van der Waals surface area contributed by atoms with Gasteiger partial charge in [-0.3, -0.25) is 9.29 Å². The van der Waals surface area contributed by atoms with Crippen molar-refractivity contribution < 1.29 is 24.1 Å². The Bertz CT molecular complexity index is 1220. The molecule has 1 saturated heterocycles. The van der Waals surface area contributed by atoms with Crippen LogP contribution < -0.4 is 9.47 Å². The predicted octanol–water partition coefficient (Wildman–Crippen LogP) is 5.83. The van der Waals surface area contributed by atoms with E-state index < -0.39 is 6.10 Å². The number of phenols is 2. The standard InChI is InChI=1S/C29H30FNO4/c1-19-26-10-7-24(33)16-27(26)35-29(28(19)22-3-2-4-23(32)15-22)21-5-8-25(9-6-21)34-14-13-31-12-11-20(17-30)18-31/h2-10,15-16,20,29,32-33H,11-14,17-18H2,1H3/t20-,29?/m0/s1. The van der Waals surface area contributed by atoms with Gasteiger partial charge in [-0.1, -0.05) is 24.3 Å². The molecule has 2 heterocycles. The van der Waals surface area contributed by atoms with Crippen LogP contribution in [0.4, 0.5) is 4.39 Å². The second kappa shape index (κ2) is 10.0. The molecule has 182 valence electrons. The molecular weight excluding hydrogens is 445 g/mol. The van der Waals surface area contributed by atoms with Gasteiger partial charge >= 0.3 is 0 Å². The Morgan fingerprint density at radius 3 is 2.57 bits per heavy atom. The van der Waals surface area contributed by atoms with Gasteiger partial charge in [0.25, 0.3) is 0 Å². The summed E-state index contributed by atoms with van der Waals surface area (Å²) in [6.07, 6.45) is 0.504. The fourth-order valence-corrected chi connectivity index (χ4v) is 5.00. The minimum absolute atomic E-state index is 0.149. The van der Waals surface area contributed by atoms with Crippen LogP contribution in [0, 0.1) is 5.92 Å². The quantitative estimate of drug-likeness (QED) is 0.450. The van der Waals surface area contributed by atoms with Crippen LogP contribution in [0.3, 0.4) is 0 Å². The molecule has 0 bridgehead atoms. The molecule has 0 aliphatic carbocycles. The van der Waals surface area contributed by atoms with Crippen LogP contribution in [0.15, 0.2) is 66.7 Å². The fourth-order valence-electron chi connectivity index (χ4n) is 5.00. The van der Waals surface area contributed by atoms with Gasteiger partial charge in [-0.2, -0.15) is 0 Å². The SMILES string of the molecule is CC1=C(c2cccc(O)c2)C(c2ccc(OCCN3CC[C@@H](CF)C3)cc2)Oc2cc(O)ccc21. The van der Waals surface area contributed by atoms with E-state index in [1.165, 1.54) is 0 Å². The molecule has 6 heteroatoms. The first-order valence-electron chi connectivity index (χ1n) is 12.0. The van der Waals surface area contributed by atoms with Crippen molar-refractivity contribution in [1.29, 1.82) is 0 Å². The Morgan fingerprint density at radius 1 is 1.03 bits per heavy atom. The zero-order valence-electron chi connectivity index (χ0n) is 19.8. The van der Waals surface area contributed by atoms with E-state index in [9.17, 15) is 14.6 Å². The van der Waals surface area contributed by atoms with Crippen LogP contribution >= 0.6 is 0 Å². The lowest BCUT2D eigenvalue weighted by molar-refractivity contribution is 0.228. The van der Waals surface area contributed by atoms with Gasteiger partial charge in [0.05, 0.1) is 6.67 Å². The van der Waals surface area contributed by atoms with Crippen molar-refractivity contribution in [2.75, 3.05) is 32.9 Å². The zero-order valence-corrected chi connectivity index (χ0v) is 19.8. The highest BCUT2D eigenvalue weighted by Crippen LogP contribution is 2.47. The van der Waals surface area contributed by atoms with E-state index in [0.29, 0.717) is 12.4 Å². The summed E-state index contributed by atoms with van der Waals surface area (Å²) in [5, 5.41) is 20.1. The summed E-state index contributed by atoms with van der Waals surface area (Å²) in [7, 11) is 0. The normalized spacial score (nSPS) is 19.9. The monoisotopic (exact) mass is 475 g/mol. The first-order chi connectivity index (χ1) is 17.0. The largest absolute Gasteiger partial charge is 0.508 e. The number of phenolic OH excluding ortho intramolecular Hbond substituents is 2. The van der Waals surface area contributed by atoms with Gasteiger partial charge in [-0.25, -0.2) is 0 Å². The van der Waals surface area contributed by atoms with Crippen LogP contribution in [0.25, 0.3) is 11.1 Å². The van der Waals surface area contributed by atoms with E-state index in [2.05, 4.69) is 4.90 Å². The number of ether oxygens (including phenoxy) is 2. The summed E-state index contributed by atoms with van der Waals surface area (Å²) in [6, 6.07) is 20.1. The smallest absolute Gasteiger partial charge is 0.150 e. The molecule has 2 N–H and O–H groups in total. The molecule has 0 radical (unpaired) electrons. The Kier molecular flexibility index (Phi) is 6.64. The molecule has 0 aromatic heterocycles. The van der Waals surface area contributed by atoms with E-state index in [1.54, 1.807) is 24.3 Å². The molecule has 0 amide bonds. The van der Waals surface area contributed by atoms with E-state index in [4.69, 9.17) is 9.47 Å². The van der Waals surface area contributed by atoms with E-state index in [0.717, 1.165) is 59.6 Å². The first kappa shape index (κ1) is 23.2. The number of fused-ring (bicyclic) bond motifs is 1. The van der Waals surface area contributed by atoms with Crippen molar-refractivity contribution >= 4 is 11.1 Å². The van der Waals surface area contributed by atoms with Crippen LogP contribution in [0.2, 0.25) is 0 Å². The highest BCUT2D eigenvalue weighted by atomic mass is 19.1. The molecule has 2 atom stereocenters. The summed E-state index contributed by atoms with van der Waals surface area (Å²) in [6.45, 7) is 4.86. The molecule has 5 nitrogen and oxygen atoms in total. The van der Waals surface area contributed by atoms with Crippen molar-refractivity contribution in [2.24, 2.45) is 5.92 Å². The number of allylic oxidation sites excluding steroid dienone is 1. The molecule has 35 heavy (non-hydrogen) atoms. The number of hydrogen-bond acceptors (Lipinski definition) is 5. The number of rotatable bonds is 7. The third kappa shape index (κ3) is 4.98. The summed E-state index contributed by atoms with van der Waals surface area (Å²) in [5.41, 5.74) is 4.72. The molecule has 3 aromatic carbocycles. The Morgan fingerprint density at radius 2 is 1.83 bits per heavy atom. The third-order valence-corrected chi connectivity index (χ3v) is 6.88. The number of hydrogen-bond donors (Lipinski definition) is 2. The van der Waals surface area contributed by atoms with Crippen molar-refractivity contribution in [3.05, 3.63) is 83.4 Å². The minimum atomic E-state index is -0.414. The number of benzene rings is 3. The van der Waals surface area contributed by atoms with Crippen molar-refractivity contribution in [2.45, 2.75) is 19.4 Å². The van der Waals surface area contributed by atoms with Gasteiger partial charge in [0.15, 0.2) is 0 Å². The lowest BCUT2D eigenvalue weighted by Gasteiger charge is -2.31. The number of halogens is 1. The maximum absolute atomic E-state index is 12.8. The molecule has 3 aromatic rings. The zero-order chi connectivity index (χ0) is 24.4. The molecule has 2 aliphatic heterocycles. The highest BCUT2D eigenvalue weighted by Gasteiger charge is 2.30. The fraction of sp³-hybridized carbons (Fsp3) is 0.310. The van der Waals surface area contributed by atoms with E-state index >= 15 is 0 Å². The Labute approximate surface area is 205 Å². The minimum Gasteiger partial charge on any atom is -0.508 e. The lowest BCUT2D eigenvalue weighted by Crippen LogP contribution is -2.26. The maximum Gasteiger partial charge on any atom is 0.150 e. The lowest BCUT2D eigenvalue weighted by atomic mass is 9.86. The second-order valence-corrected chi connectivity index (χ2v) is 9.29. The van der Waals surface area contributed by atoms with Crippen LogP contribution in [0.1, 0.15) is 36.1 Å². The summed E-state index contributed by atoms with van der Waals surface area (Å²) in [5.74, 6) is 1.89. The van der Waals surface area contributed by atoms with Gasteiger partial charge in [-0.15, -0.1) is 0 Å². The maximum atomic E-state index is 12.8. The topological polar surface area (TPSA) is 62.2 Å². The molecular formula is C29H30FNO4. The van der Waals surface area contributed by atoms with E-state index in [1.807, 2.05) is 49.4 Å². The summed E-state index contributed by atoms with van der Waals surface area (Å²) >= 11 is 0. The Hall–Kier alpha value is -3.51. The molecule has 0 saturated carbocycles. The molecule has 1 fully saturated rings. The van der Waals surface area contributed by atoms with Gasteiger partial charge in [-0.05, 0) is 73.0 Å². The summed E-state index contributed by atoms with van der Waals surface area (Å²) in [4.78, 5) is 2.25. The molecule has 5 rings (SSSR count). The van der Waals surface area contributed by atoms with Crippen LogP contribution in [0.5, 0.6) is 23.0 Å². The highest BCUT2D eigenvalue weighted by molar-refractivity contribution is 5.95. The van der Waals surface area contributed by atoms with Gasteiger partial charge in [0.1, 0.15) is 35.7 Å². The van der Waals surface area contributed by atoms with Crippen molar-refractivity contribution in [1.82, 2.24) is 4.90 Å².